The first-order chi connectivity index (χ1) is 3.41. The minimum Gasteiger partial charge on any atom is -0.356 e. The Morgan fingerprint density at radius 1 is 1.43 bits per heavy atom. The lowest BCUT2D eigenvalue weighted by atomic mass is 10.9. The van der Waals surface area contributed by atoms with Crippen LogP contribution in [0.4, 0.5) is 0 Å². The van der Waals surface area contributed by atoms with Gasteiger partial charge in [0.15, 0.2) is 0 Å². The van der Waals surface area contributed by atoms with E-state index < -0.39 is 0 Å². The first-order valence-electron chi connectivity index (χ1n) is 2.27. The monoisotopic (exact) mass is 105 g/mol. The lowest BCUT2D eigenvalue weighted by Gasteiger charge is -1.97. The molecule has 0 aromatic rings. The number of rotatable bonds is 4. The Morgan fingerprint density at radius 2 is 2.14 bits per heavy atom. The largest absolute Gasteiger partial charge is 0.356 e. The van der Waals surface area contributed by atoms with E-state index in [0.717, 1.165) is 0 Å². The van der Waals surface area contributed by atoms with Crippen molar-refractivity contribution in [3.8, 4) is 0 Å². The van der Waals surface area contributed by atoms with Crippen LogP contribution in [0.15, 0.2) is 0 Å². The molecule has 0 atom stereocenters. The van der Waals surface area contributed by atoms with Crippen molar-refractivity contribution in [2.24, 2.45) is 5.73 Å². The molecule has 0 radical (unpaired) electrons. The molecule has 0 amide bonds. The summed E-state index contributed by atoms with van der Waals surface area (Å²) in [5, 5.41) is 0. The second kappa shape index (κ2) is 5.88. The van der Waals surface area contributed by atoms with Crippen molar-refractivity contribution in [3.63, 3.8) is 0 Å². The molecular formula is C4H11NO2. The maximum atomic E-state index is 4.97. The number of hydrogen-bond donors (Lipinski definition) is 1. The van der Waals surface area contributed by atoms with E-state index in [4.69, 9.17) is 10.5 Å². The van der Waals surface area contributed by atoms with Crippen LogP contribution in [-0.4, -0.2) is 20.1 Å². The van der Waals surface area contributed by atoms with Crippen LogP contribution in [0, 0.1) is 0 Å². The van der Waals surface area contributed by atoms with Gasteiger partial charge in [-0.05, 0) is 6.92 Å². The van der Waals surface area contributed by atoms with Gasteiger partial charge in [0.2, 0.25) is 0 Å². The molecule has 0 heterocycles. The van der Waals surface area contributed by atoms with Crippen LogP contribution in [0.2, 0.25) is 0 Å². The highest BCUT2D eigenvalue weighted by Gasteiger charge is 1.76. The van der Waals surface area contributed by atoms with Gasteiger partial charge in [-0.15, -0.1) is 0 Å². The molecule has 44 valence electrons. The quantitative estimate of drug-likeness (QED) is 0.401. The van der Waals surface area contributed by atoms with Crippen molar-refractivity contribution in [2.75, 3.05) is 20.1 Å². The van der Waals surface area contributed by atoms with Crippen molar-refractivity contribution >= 4 is 0 Å². The Balaban J connectivity index is 2.45. The van der Waals surface area contributed by atoms with Gasteiger partial charge >= 0.3 is 0 Å². The van der Waals surface area contributed by atoms with Crippen LogP contribution in [0.3, 0.4) is 0 Å². The van der Waals surface area contributed by atoms with Crippen LogP contribution in [-0.2, 0) is 9.47 Å². The zero-order valence-electron chi connectivity index (χ0n) is 4.52. The van der Waals surface area contributed by atoms with Crippen LogP contribution < -0.4 is 5.73 Å². The van der Waals surface area contributed by atoms with E-state index in [1.807, 2.05) is 6.92 Å². The topological polar surface area (TPSA) is 44.5 Å². The van der Waals surface area contributed by atoms with E-state index in [2.05, 4.69) is 4.74 Å². The Kier molecular flexibility index (Phi) is 5.78. The van der Waals surface area contributed by atoms with E-state index in [1.165, 1.54) is 0 Å². The molecule has 0 aliphatic rings. The molecule has 0 aliphatic heterocycles. The minimum absolute atomic E-state index is 0.236. The number of ether oxygens (including phenoxy) is 2. The molecule has 0 spiro atoms. The third-order valence-electron chi connectivity index (χ3n) is 0.489. The summed E-state index contributed by atoms with van der Waals surface area (Å²) in [5.74, 6) is 0. The van der Waals surface area contributed by atoms with Gasteiger partial charge in [-0.3, -0.25) is 0 Å². The van der Waals surface area contributed by atoms with Gasteiger partial charge in [0, 0.05) is 6.61 Å². The Bertz CT molecular complexity index is 28.9. The van der Waals surface area contributed by atoms with Gasteiger partial charge in [0.25, 0.3) is 0 Å². The molecule has 2 N–H and O–H groups in total. The van der Waals surface area contributed by atoms with Crippen molar-refractivity contribution < 1.29 is 9.47 Å². The molecule has 0 saturated heterocycles. The molecule has 0 bridgehead atoms. The lowest BCUT2D eigenvalue weighted by Crippen LogP contribution is -2.07. The second-order valence-electron chi connectivity index (χ2n) is 0.981. The fourth-order valence-corrected chi connectivity index (χ4v) is 0.190. The smallest absolute Gasteiger partial charge is 0.148 e. The van der Waals surface area contributed by atoms with E-state index in [1.54, 1.807) is 0 Å². The maximum absolute atomic E-state index is 4.97. The Labute approximate surface area is 43.4 Å². The summed E-state index contributed by atoms with van der Waals surface area (Å²) in [6.07, 6.45) is 0. The summed E-state index contributed by atoms with van der Waals surface area (Å²) in [7, 11) is 0. The number of hydrogen-bond acceptors (Lipinski definition) is 3. The fraction of sp³-hybridized carbons (Fsp3) is 1.00. The van der Waals surface area contributed by atoms with Crippen molar-refractivity contribution in [1.82, 2.24) is 0 Å². The summed E-state index contributed by atoms with van der Waals surface area (Å²) < 4.78 is 9.40. The second-order valence-corrected chi connectivity index (χ2v) is 0.981. The lowest BCUT2D eigenvalue weighted by molar-refractivity contribution is -0.0470. The highest BCUT2D eigenvalue weighted by Crippen LogP contribution is 1.71. The van der Waals surface area contributed by atoms with Crippen molar-refractivity contribution in [3.05, 3.63) is 0 Å². The van der Waals surface area contributed by atoms with Crippen molar-refractivity contribution in [2.45, 2.75) is 6.92 Å². The molecule has 0 aromatic heterocycles. The third-order valence-corrected chi connectivity index (χ3v) is 0.489. The summed E-state index contributed by atoms with van der Waals surface area (Å²) in [4.78, 5) is 0. The molecule has 0 saturated carbocycles. The SMILES string of the molecule is CCOCOCN. The zero-order chi connectivity index (χ0) is 5.54. The van der Waals surface area contributed by atoms with E-state index in [0.29, 0.717) is 13.4 Å². The van der Waals surface area contributed by atoms with E-state index >= 15 is 0 Å². The molecule has 0 fully saturated rings. The van der Waals surface area contributed by atoms with Gasteiger partial charge in [0.05, 0.1) is 6.73 Å². The van der Waals surface area contributed by atoms with Crippen LogP contribution in [0.1, 0.15) is 6.92 Å². The summed E-state index contributed by atoms with van der Waals surface area (Å²) in [6, 6.07) is 0. The predicted molar refractivity (Wildman–Crippen MR) is 26.6 cm³/mol. The van der Waals surface area contributed by atoms with Crippen LogP contribution in [0.5, 0.6) is 0 Å². The molecule has 0 aliphatic carbocycles. The third kappa shape index (κ3) is 5.88. The molecule has 7 heavy (non-hydrogen) atoms. The molecule has 3 nitrogen and oxygen atoms in total. The van der Waals surface area contributed by atoms with E-state index in [9.17, 15) is 0 Å². The Hall–Kier alpha value is -0.120. The first kappa shape index (κ1) is 6.88. The van der Waals surface area contributed by atoms with Gasteiger partial charge in [-0.2, -0.15) is 0 Å². The van der Waals surface area contributed by atoms with Gasteiger partial charge in [0.1, 0.15) is 6.79 Å². The summed E-state index contributed by atoms with van der Waals surface area (Å²) >= 11 is 0. The highest BCUT2D eigenvalue weighted by atomic mass is 16.7. The highest BCUT2D eigenvalue weighted by molar-refractivity contribution is 4.06. The Morgan fingerprint density at radius 3 is 2.57 bits per heavy atom. The standard InChI is InChI=1S/C4H11NO2/c1-2-6-4-7-3-5/h2-5H2,1H3. The van der Waals surface area contributed by atoms with Gasteiger partial charge < -0.3 is 15.2 Å². The molecule has 0 aromatic carbocycles. The minimum atomic E-state index is 0.236. The summed E-state index contributed by atoms with van der Waals surface area (Å²) in [5.41, 5.74) is 4.97. The van der Waals surface area contributed by atoms with Crippen LogP contribution in [0.25, 0.3) is 0 Å². The fourth-order valence-electron chi connectivity index (χ4n) is 0.190. The first-order valence-corrected chi connectivity index (χ1v) is 2.27. The average molecular weight is 105 g/mol. The molecular weight excluding hydrogens is 94.0 g/mol. The summed E-state index contributed by atoms with van der Waals surface area (Å²) in [6.45, 7) is 3.13. The molecule has 0 rings (SSSR count). The molecule has 3 heteroatoms. The van der Waals surface area contributed by atoms with E-state index in [-0.39, 0.29) is 6.73 Å². The van der Waals surface area contributed by atoms with Gasteiger partial charge in [-0.25, -0.2) is 0 Å². The average Bonchev–Trinajstić information content (AvgIpc) is 1.69. The maximum Gasteiger partial charge on any atom is 0.148 e. The normalized spacial score (nSPS) is 9.43. The van der Waals surface area contributed by atoms with Crippen molar-refractivity contribution in [1.29, 1.82) is 0 Å². The predicted octanol–water partition coefficient (Wildman–Crippen LogP) is -0.0868. The van der Waals surface area contributed by atoms with Crippen LogP contribution >= 0.6 is 0 Å². The zero-order valence-corrected chi connectivity index (χ0v) is 4.52. The number of nitrogens with two attached hydrogens (primary N) is 1. The van der Waals surface area contributed by atoms with Gasteiger partial charge in [-0.1, -0.05) is 0 Å². The molecule has 0 unspecified atom stereocenters.